The molecule has 0 N–H and O–H groups in total. The Kier molecular flexibility index (Phi) is 7.73. The molecule has 0 saturated carbocycles. The minimum absolute atomic E-state index is 0.0338. The molecule has 0 spiro atoms. The van der Waals surface area contributed by atoms with Gasteiger partial charge in [-0.05, 0) is 24.3 Å². The summed E-state index contributed by atoms with van der Waals surface area (Å²) in [6.07, 6.45) is -4.38. The van der Waals surface area contributed by atoms with Crippen molar-refractivity contribution in [3.05, 3.63) is 90.0 Å². The molecule has 35 heavy (non-hydrogen) atoms. The van der Waals surface area contributed by atoms with Crippen molar-refractivity contribution < 1.29 is 43.6 Å². The van der Waals surface area contributed by atoms with Gasteiger partial charge >= 0.3 is 11.9 Å². The van der Waals surface area contributed by atoms with E-state index in [2.05, 4.69) is 4.84 Å². The number of nitro groups is 2. The van der Waals surface area contributed by atoms with Crippen molar-refractivity contribution in [1.82, 2.24) is 0 Å². The fraction of sp³-hybridized carbons (Fsp3) is 0.263. The molecule has 4 unspecified atom stereocenters. The molecule has 1 fully saturated rings. The Morgan fingerprint density at radius 3 is 1.77 bits per heavy atom. The molecule has 2 aromatic carbocycles. The van der Waals surface area contributed by atoms with Crippen molar-refractivity contribution in [3.8, 4) is 0 Å². The van der Waals surface area contributed by atoms with Crippen molar-refractivity contribution >= 4 is 34.9 Å². The van der Waals surface area contributed by atoms with Gasteiger partial charge in [0, 0.05) is 24.3 Å². The normalized spacial score (nSPS) is 21.1. The number of nitrogens with zero attached hydrogens (tertiary/aromatic N) is 3. The van der Waals surface area contributed by atoms with Gasteiger partial charge in [0.1, 0.15) is 12.7 Å². The van der Waals surface area contributed by atoms with Crippen LogP contribution in [-0.2, 0) is 19.0 Å². The summed E-state index contributed by atoms with van der Waals surface area (Å²) in [4.78, 5) is 60.3. The number of alkyl halides is 1. The minimum atomic E-state index is -1.59. The van der Waals surface area contributed by atoms with Crippen LogP contribution in [0.5, 0.6) is 0 Å². The summed E-state index contributed by atoms with van der Waals surface area (Å²) in [7, 11) is 0. The van der Waals surface area contributed by atoms with Gasteiger partial charge in [0.2, 0.25) is 0 Å². The average molecular weight is 512 g/mol. The molecule has 1 saturated heterocycles. The van der Waals surface area contributed by atoms with E-state index < -0.39 is 57.4 Å². The number of non-ortho nitro benzene ring substituents is 2. The van der Waals surface area contributed by atoms with E-state index in [-0.39, 0.29) is 22.5 Å². The Labute approximate surface area is 199 Å². The molecule has 1 aliphatic heterocycles. The first-order valence-corrected chi connectivity index (χ1v) is 9.98. The predicted molar refractivity (Wildman–Crippen MR) is 112 cm³/mol. The number of esters is 2. The van der Waals surface area contributed by atoms with Crippen LogP contribution in [0.2, 0.25) is 0 Å². The number of rotatable bonds is 9. The first-order chi connectivity index (χ1) is 16.6. The second kappa shape index (κ2) is 10.7. The third-order valence-electron chi connectivity index (χ3n) is 4.71. The summed E-state index contributed by atoms with van der Waals surface area (Å²) in [6.45, 7) is -0.575. The second-order valence-corrected chi connectivity index (χ2v) is 7.33. The lowest BCUT2D eigenvalue weighted by Crippen LogP contribution is -2.41. The van der Waals surface area contributed by atoms with E-state index >= 15 is 0 Å². The second-order valence-electron chi connectivity index (χ2n) is 6.90. The maximum absolute atomic E-state index is 12.5. The molecular formula is C19H14ClN3O12. The lowest BCUT2D eigenvalue weighted by molar-refractivity contribution is -0.770. The fourth-order valence-electron chi connectivity index (χ4n) is 3.04. The monoisotopic (exact) mass is 511 g/mol. The number of carbonyl (C=O) groups is 2. The van der Waals surface area contributed by atoms with Crippen LogP contribution >= 0.6 is 11.6 Å². The van der Waals surface area contributed by atoms with Gasteiger partial charge in [-0.3, -0.25) is 20.2 Å². The van der Waals surface area contributed by atoms with Gasteiger partial charge in [0.25, 0.3) is 16.5 Å². The van der Waals surface area contributed by atoms with Gasteiger partial charge in [-0.1, -0.05) is 11.6 Å². The number of nitro benzene ring substituents is 2. The van der Waals surface area contributed by atoms with E-state index in [9.17, 15) is 39.9 Å². The van der Waals surface area contributed by atoms with Crippen LogP contribution in [0.4, 0.5) is 11.4 Å². The van der Waals surface area contributed by atoms with E-state index in [0.29, 0.717) is 0 Å². The molecule has 1 heterocycles. The first kappa shape index (κ1) is 25.3. The van der Waals surface area contributed by atoms with E-state index in [1.807, 2.05) is 0 Å². The maximum atomic E-state index is 12.5. The molecule has 1 aliphatic rings. The van der Waals surface area contributed by atoms with Crippen LogP contribution in [0, 0.1) is 30.3 Å². The quantitative estimate of drug-likeness (QED) is 0.206. The molecule has 184 valence electrons. The molecule has 2 aromatic rings. The Morgan fingerprint density at radius 1 is 0.829 bits per heavy atom. The Bertz CT molecular complexity index is 1140. The van der Waals surface area contributed by atoms with Gasteiger partial charge in [-0.25, -0.2) is 9.59 Å². The molecule has 3 rings (SSSR count). The SMILES string of the molecule is O=C(OCC1OC(Cl)C(O[N+](=O)[O-])C1OC(=O)c1ccc([N+](=O)[O-])cc1)c1ccc([N+](=O)[O-])cc1. The molecule has 4 atom stereocenters. The standard InChI is InChI=1S/C19H14ClN3O12/c20-17-16(35-23(30)31)15(34-19(25)11-3-7-13(8-4-11)22(28)29)14(33-17)9-32-18(24)10-1-5-12(6-2-10)21(26)27/h1-8,14-17H,9H2. The van der Waals surface area contributed by atoms with E-state index in [1.165, 1.54) is 0 Å². The maximum Gasteiger partial charge on any atom is 0.338 e. The van der Waals surface area contributed by atoms with E-state index in [4.69, 9.17) is 25.8 Å². The highest BCUT2D eigenvalue weighted by Crippen LogP contribution is 2.30. The smallest absolute Gasteiger partial charge is 0.338 e. The molecule has 15 nitrogen and oxygen atoms in total. The summed E-state index contributed by atoms with van der Waals surface area (Å²) < 4.78 is 15.7. The molecule has 0 aromatic heterocycles. The Morgan fingerprint density at radius 2 is 1.31 bits per heavy atom. The molecule has 0 amide bonds. The highest BCUT2D eigenvalue weighted by atomic mass is 35.5. The zero-order valence-electron chi connectivity index (χ0n) is 17.3. The van der Waals surface area contributed by atoms with Gasteiger partial charge < -0.3 is 19.0 Å². The minimum Gasteiger partial charge on any atom is -0.459 e. The van der Waals surface area contributed by atoms with Gasteiger partial charge in [-0.15, -0.1) is 10.1 Å². The van der Waals surface area contributed by atoms with Crippen LogP contribution in [-0.4, -0.2) is 57.4 Å². The highest BCUT2D eigenvalue weighted by Gasteiger charge is 2.49. The topological polar surface area (TPSA) is 200 Å². The number of ether oxygens (including phenoxy) is 3. The number of carbonyl (C=O) groups excluding carboxylic acids is 2. The number of hydrogen-bond donors (Lipinski definition) is 0. The van der Waals surface area contributed by atoms with Crippen molar-refractivity contribution in [1.29, 1.82) is 0 Å². The largest absolute Gasteiger partial charge is 0.459 e. The summed E-state index contributed by atoms with van der Waals surface area (Å²) >= 11 is 5.95. The summed E-state index contributed by atoms with van der Waals surface area (Å²) in [5.74, 6) is -1.93. The van der Waals surface area contributed by atoms with Gasteiger partial charge in [-0.2, -0.15) is 0 Å². The van der Waals surface area contributed by atoms with Crippen LogP contribution < -0.4 is 0 Å². The number of hydrogen-bond acceptors (Lipinski definition) is 12. The summed E-state index contributed by atoms with van der Waals surface area (Å²) in [5, 5.41) is 31.2. The fourth-order valence-corrected chi connectivity index (χ4v) is 3.36. The summed E-state index contributed by atoms with van der Waals surface area (Å²) in [5.41, 5.74) is -2.14. The number of benzene rings is 2. The molecular weight excluding hydrogens is 498 g/mol. The van der Waals surface area contributed by atoms with Crippen molar-refractivity contribution in [2.45, 2.75) is 23.9 Å². The van der Waals surface area contributed by atoms with Crippen molar-refractivity contribution in [3.63, 3.8) is 0 Å². The van der Waals surface area contributed by atoms with Crippen LogP contribution in [0.25, 0.3) is 0 Å². The molecule has 0 bridgehead atoms. The van der Waals surface area contributed by atoms with Gasteiger partial charge in [0.05, 0.1) is 21.0 Å². The third-order valence-corrected chi connectivity index (χ3v) is 5.06. The van der Waals surface area contributed by atoms with Crippen molar-refractivity contribution in [2.24, 2.45) is 0 Å². The van der Waals surface area contributed by atoms with E-state index in [1.54, 1.807) is 0 Å². The molecule has 0 radical (unpaired) electrons. The third kappa shape index (κ3) is 6.15. The Hall–Kier alpha value is -4.37. The average Bonchev–Trinajstić information content (AvgIpc) is 3.11. The van der Waals surface area contributed by atoms with Crippen LogP contribution in [0.1, 0.15) is 20.7 Å². The molecule has 16 heteroatoms. The zero-order chi connectivity index (χ0) is 25.7. The van der Waals surface area contributed by atoms with Crippen molar-refractivity contribution in [2.75, 3.05) is 6.61 Å². The van der Waals surface area contributed by atoms with Gasteiger partial charge in [0.15, 0.2) is 17.8 Å². The summed E-state index contributed by atoms with van der Waals surface area (Å²) in [6, 6.07) is 8.83. The Balaban J connectivity index is 1.72. The number of halogens is 1. The van der Waals surface area contributed by atoms with Crippen LogP contribution in [0.3, 0.4) is 0 Å². The highest BCUT2D eigenvalue weighted by molar-refractivity contribution is 6.20. The first-order valence-electron chi connectivity index (χ1n) is 9.54. The predicted octanol–water partition coefficient (Wildman–Crippen LogP) is 2.43. The molecule has 0 aliphatic carbocycles. The van der Waals surface area contributed by atoms with E-state index in [0.717, 1.165) is 48.5 Å². The lowest BCUT2D eigenvalue weighted by atomic mass is 10.1. The van der Waals surface area contributed by atoms with Crippen LogP contribution in [0.15, 0.2) is 48.5 Å². The zero-order valence-corrected chi connectivity index (χ0v) is 18.0. The lowest BCUT2D eigenvalue weighted by Gasteiger charge is -2.22.